The Morgan fingerprint density at radius 3 is 2.70 bits per heavy atom. The fourth-order valence-corrected chi connectivity index (χ4v) is 2.57. The van der Waals surface area contributed by atoms with E-state index in [4.69, 9.17) is 4.74 Å². The summed E-state index contributed by atoms with van der Waals surface area (Å²) in [6, 6.07) is 2.21. The minimum atomic E-state index is -0.974. The first-order valence-electron chi connectivity index (χ1n) is 7.73. The van der Waals surface area contributed by atoms with Crippen LogP contribution in [0.2, 0.25) is 0 Å². The molecule has 1 fully saturated rings. The van der Waals surface area contributed by atoms with Gasteiger partial charge < -0.3 is 20.5 Å². The van der Waals surface area contributed by atoms with Crippen molar-refractivity contribution in [3.63, 3.8) is 0 Å². The molecular formula is C16H22F2N2O3. The smallest absolute Gasteiger partial charge is 0.315 e. The molecule has 1 aromatic rings. The van der Waals surface area contributed by atoms with Crippen molar-refractivity contribution < 1.29 is 23.4 Å². The number of ether oxygens (including phenoxy) is 1. The molecule has 1 saturated heterocycles. The monoisotopic (exact) mass is 328 g/mol. The van der Waals surface area contributed by atoms with Crippen LogP contribution >= 0.6 is 0 Å². The van der Waals surface area contributed by atoms with E-state index in [0.717, 1.165) is 12.1 Å². The van der Waals surface area contributed by atoms with E-state index in [1.807, 2.05) is 0 Å². The topological polar surface area (TPSA) is 70.6 Å². The number of benzene rings is 1. The molecule has 1 aromatic carbocycles. The van der Waals surface area contributed by atoms with Gasteiger partial charge in [-0.1, -0.05) is 13.0 Å². The summed E-state index contributed by atoms with van der Waals surface area (Å²) in [4.78, 5) is 12.0. The molecular weight excluding hydrogens is 306 g/mol. The lowest BCUT2D eigenvalue weighted by Gasteiger charge is -2.32. The number of hydrogen-bond acceptors (Lipinski definition) is 3. The van der Waals surface area contributed by atoms with Crippen LogP contribution in [-0.4, -0.2) is 36.5 Å². The molecule has 5 nitrogen and oxygen atoms in total. The maximum Gasteiger partial charge on any atom is 0.315 e. The average Bonchev–Trinajstić information content (AvgIpc) is 2.52. The summed E-state index contributed by atoms with van der Waals surface area (Å²) in [5.74, 6) is -1.35. The van der Waals surface area contributed by atoms with Crippen LogP contribution in [0.15, 0.2) is 18.2 Å². The van der Waals surface area contributed by atoms with Gasteiger partial charge in [0.1, 0.15) is 11.6 Å². The van der Waals surface area contributed by atoms with E-state index in [0.29, 0.717) is 32.5 Å². The first-order chi connectivity index (χ1) is 10.9. The predicted molar refractivity (Wildman–Crippen MR) is 80.9 cm³/mol. The van der Waals surface area contributed by atoms with Gasteiger partial charge >= 0.3 is 6.03 Å². The molecule has 1 unspecified atom stereocenters. The van der Waals surface area contributed by atoms with Gasteiger partial charge in [-0.05, 0) is 12.5 Å². The fourth-order valence-electron chi connectivity index (χ4n) is 2.57. The molecule has 1 aliphatic heterocycles. The zero-order chi connectivity index (χ0) is 16.9. The Morgan fingerprint density at radius 1 is 1.39 bits per heavy atom. The second-order valence-corrected chi connectivity index (χ2v) is 5.79. The van der Waals surface area contributed by atoms with Gasteiger partial charge in [-0.3, -0.25) is 0 Å². The number of carbonyl (C=O) groups excluding carboxylic acids is 1. The Hall–Kier alpha value is -1.73. The third kappa shape index (κ3) is 4.87. The van der Waals surface area contributed by atoms with Crippen LogP contribution in [0.3, 0.4) is 0 Å². The number of carbonyl (C=O) groups is 1. The van der Waals surface area contributed by atoms with Gasteiger partial charge in [0.15, 0.2) is 0 Å². The Morgan fingerprint density at radius 2 is 2.09 bits per heavy atom. The molecule has 1 aliphatic rings. The van der Waals surface area contributed by atoms with E-state index in [9.17, 15) is 18.7 Å². The molecule has 0 radical (unpaired) electrons. The molecule has 128 valence electrons. The van der Waals surface area contributed by atoms with Gasteiger partial charge in [0, 0.05) is 44.2 Å². The largest absolute Gasteiger partial charge is 0.388 e. The summed E-state index contributed by atoms with van der Waals surface area (Å²) < 4.78 is 32.0. The quantitative estimate of drug-likeness (QED) is 0.776. The fraction of sp³-hybridized carbons (Fsp3) is 0.562. The standard InChI is InChI=1S/C16H22F2N2O3/c1-2-14(12-4-3-11(17)9-13(12)18)20-15(21)19-10-16(22)5-7-23-8-6-16/h3-4,9,14,22H,2,5-8,10H2,1H3,(H2,19,20,21). The third-order valence-corrected chi connectivity index (χ3v) is 4.05. The summed E-state index contributed by atoms with van der Waals surface area (Å²) in [5.41, 5.74) is -0.743. The first-order valence-corrected chi connectivity index (χ1v) is 7.73. The summed E-state index contributed by atoms with van der Waals surface area (Å²) >= 11 is 0. The third-order valence-electron chi connectivity index (χ3n) is 4.05. The Kier molecular flexibility index (Phi) is 5.90. The summed E-state index contributed by atoms with van der Waals surface area (Å²) in [7, 11) is 0. The van der Waals surface area contributed by atoms with Crippen LogP contribution in [0.1, 0.15) is 37.8 Å². The molecule has 3 N–H and O–H groups in total. The van der Waals surface area contributed by atoms with Crippen molar-refractivity contribution in [2.24, 2.45) is 0 Å². The van der Waals surface area contributed by atoms with Gasteiger partial charge in [0.05, 0.1) is 11.6 Å². The highest BCUT2D eigenvalue weighted by Gasteiger charge is 2.30. The molecule has 2 amide bonds. The molecule has 7 heteroatoms. The van der Waals surface area contributed by atoms with Crippen molar-refractivity contribution >= 4 is 6.03 Å². The van der Waals surface area contributed by atoms with Crippen LogP contribution in [0.4, 0.5) is 13.6 Å². The highest BCUT2D eigenvalue weighted by molar-refractivity contribution is 5.74. The Bertz CT molecular complexity index is 548. The molecule has 23 heavy (non-hydrogen) atoms. The number of nitrogens with one attached hydrogen (secondary N) is 2. The van der Waals surface area contributed by atoms with E-state index < -0.39 is 29.3 Å². The van der Waals surface area contributed by atoms with Crippen molar-refractivity contribution in [3.8, 4) is 0 Å². The van der Waals surface area contributed by atoms with Crippen molar-refractivity contribution in [3.05, 3.63) is 35.4 Å². The number of amides is 2. The Labute approximate surface area is 134 Å². The number of hydrogen-bond donors (Lipinski definition) is 3. The first kappa shape index (κ1) is 17.6. The average molecular weight is 328 g/mol. The van der Waals surface area contributed by atoms with Crippen LogP contribution in [-0.2, 0) is 4.74 Å². The van der Waals surface area contributed by atoms with Crippen molar-refractivity contribution in [2.75, 3.05) is 19.8 Å². The van der Waals surface area contributed by atoms with Gasteiger partial charge in [0.2, 0.25) is 0 Å². The lowest BCUT2D eigenvalue weighted by atomic mass is 9.94. The van der Waals surface area contributed by atoms with Gasteiger partial charge in [0.25, 0.3) is 0 Å². The van der Waals surface area contributed by atoms with E-state index in [1.54, 1.807) is 6.92 Å². The zero-order valence-corrected chi connectivity index (χ0v) is 13.1. The molecule has 0 aromatic heterocycles. The number of aliphatic hydroxyl groups is 1. The maximum absolute atomic E-state index is 13.8. The molecule has 0 saturated carbocycles. The van der Waals surface area contributed by atoms with Gasteiger partial charge in [-0.25, -0.2) is 13.6 Å². The lowest BCUT2D eigenvalue weighted by Crippen LogP contribution is -2.49. The highest BCUT2D eigenvalue weighted by atomic mass is 19.1. The number of halogens is 2. The van der Waals surface area contributed by atoms with Crippen LogP contribution in [0, 0.1) is 11.6 Å². The summed E-state index contributed by atoms with van der Waals surface area (Å²) in [6.45, 7) is 2.81. The van der Waals surface area contributed by atoms with Crippen molar-refractivity contribution in [1.82, 2.24) is 10.6 Å². The SMILES string of the molecule is CCC(NC(=O)NCC1(O)CCOCC1)c1ccc(F)cc1F. The molecule has 2 rings (SSSR count). The predicted octanol–water partition coefficient (Wildman–Crippen LogP) is 2.26. The second kappa shape index (κ2) is 7.70. The highest BCUT2D eigenvalue weighted by Crippen LogP contribution is 2.21. The zero-order valence-electron chi connectivity index (χ0n) is 13.1. The molecule has 0 bridgehead atoms. The van der Waals surface area contributed by atoms with Crippen LogP contribution in [0.5, 0.6) is 0 Å². The molecule has 1 heterocycles. The normalized spacial score (nSPS) is 18.3. The van der Waals surface area contributed by atoms with Crippen LogP contribution in [0.25, 0.3) is 0 Å². The van der Waals surface area contributed by atoms with E-state index in [-0.39, 0.29) is 12.1 Å². The second-order valence-electron chi connectivity index (χ2n) is 5.79. The minimum absolute atomic E-state index is 0.102. The number of rotatable bonds is 5. The van der Waals surface area contributed by atoms with Crippen molar-refractivity contribution in [1.29, 1.82) is 0 Å². The van der Waals surface area contributed by atoms with E-state index in [2.05, 4.69) is 10.6 Å². The summed E-state index contributed by atoms with van der Waals surface area (Å²) in [6.07, 6.45) is 1.36. The molecule has 0 aliphatic carbocycles. The van der Waals surface area contributed by atoms with E-state index in [1.165, 1.54) is 6.07 Å². The summed E-state index contributed by atoms with van der Waals surface area (Å²) in [5, 5.41) is 15.5. The Balaban J connectivity index is 1.91. The molecule has 0 spiro atoms. The van der Waals surface area contributed by atoms with Gasteiger partial charge in [-0.2, -0.15) is 0 Å². The minimum Gasteiger partial charge on any atom is -0.388 e. The lowest BCUT2D eigenvalue weighted by molar-refractivity contribution is -0.0600. The molecule has 1 atom stereocenters. The van der Waals surface area contributed by atoms with Crippen LogP contribution < -0.4 is 10.6 Å². The maximum atomic E-state index is 13.8. The van der Waals surface area contributed by atoms with Crippen molar-refractivity contribution in [2.45, 2.75) is 37.8 Å². The number of urea groups is 1. The van der Waals surface area contributed by atoms with Gasteiger partial charge in [-0.15, -0.1) is 0 Å². The van der Waals surface area contributed by atoms with E-state index >= 15 is 0 Å².